The fraction of sp³-hybridized carbons (Fsp3) is 0.529. The van der Waals surface area contributed by atoms with Crippen LogP contribution in [0.15, 0.2) is 24.0 Å². The van der Waals surface area contributed by atoms with Gasteiger partial charge in [0.05, 0.1) is 11.2 Å². The number of nitrogens with zero attached hydrogens (tertiary/aromatic N) is 1. The normalized spacial score (nSPS) is 40.2. The van der Waals surface area contributed by atoms with E-state index in [1.54, 1.807) is 6.07 Å². The second-order valence-corrected chi connectivity index (χ2v) is 7.16. The van der Waals surface area contributed by atoms with Gasteiger partial charge < -0.3 is 24.7 Å². The van der Waals surface area contributed by atoms with Crippen LogP contribution < -0.4 is 9.62 Å². The highest BCUT2D eigenvalue weighted by Gasteiger charge is 2.66. The first kappa shape index (κ1) is 13.7. The third-order valence-electron chi connectivity index (χ3n) is 6.31. The minimum absolute atomic E-state index is 0.0997. The van der Waals surface area contributed by atoms with Crippen LogP contribution >= 0.6 is 0 Å². The minimum atomic E-state index is -0.875. The highest BCUT2D eigenvalue weighted by Crippen LogP contribution is 2.63. The quantitative estimate of drug-likeness (QED) is 0.534. The maximum atomic E-state index is 10.6. The van der Waals surface area contributed by atoms with Gasteiger partial charge in [-0.3, -0.25) is 0 Å². The van der Waals surface area contributed by atoms with Crippen LogP contribution in [0.3, 0.4) is 0 Å². The molecule has 1 spiro atoms. The Kier molecular flexibility index (Phi) is 2.49. The minimum Gasteiger partial charge on any atom is -0.512 e. The third-order valence-corrected chi connectivity index (χ3v) is 6.31. The van der Waals surface area contributed by atoms with Gasteiger partial charge in [0.15, 0.2) is 5.75 Å². The summed E-state index contributed by atoms with van der Waals surface area (Å²) >= 11 is 0. The molecule has 122 valence electrons. The van der Waals surface area contributed by atoms with Crippen molar-refractivity contribution >= 4 is 0 Å². The Balaban J connectivity index is 1.84. The van der Waals surface area contributed by atoms with Crippen molar-refractivity contribution < 1.29 is 25.1 Å². The number of hydrogen-bond donors (Lipinski definition) is 3. The van der Waals surface area contributed by atoms with Crippen molar-refractivity contribution in [1.29, 1.82) is 0 Å². The summed E-state index contributed by atoms with van der Waals surface area (Å²) in [6.07, 6.45) is 1.78. The molecule has 0 unspecified atom stereocenters. The smallest absolute Gasteiger partial charge is 0.207 e. The van der Waals surface area contributed by atoms with Crippen molar-refractivity contribution in [2.45, 2.75) is 36.5 Å². The number of likely N-dealkylation sites (N-methyl/N-ethyl adjacent to an activating group) is 1. The molecule has 5 rings (SSSR count). The van der Waals surface area contributed by atoms with Crippen LogP contribution in [0.1, 0.15) is 17.5 Å². The zero-order valence-corrected chi connectivity index (χ0v) is 12.8. The third kappa shape index (κ3) is 1.40. The number of rotatable bonds is 1. The lowest BCUT2D eigenvalue weighted by Gasteiger charge is -2.57. The summed E-state index contributed by atoms with van der Waals surface area (Å²) in [4.78, 5) is 6.78. The number of hydrogen-bond acceptors (Lipinski definition) is 6. The lowest BCUT2D eigenvalue weighted by atomic mass is 9.52. The average Bonchev–Trinajstić information content (AvgIpc) is 2.88. The molecule has 1 aromatic carbocycles. The Morgan fingerprint density at radius 1 is 1.39 bits per heavy atom. The van der Waals surface area contributed by atoms with E-state index in [2.05, 4.69) is 16.8 Å². The monoisotopic (exact) mass is 317 g/mol. The predicted octanol–water partition coefficient (Wildman–Crippen LogP) is 1.23. The molecule has 3 N–H and O–H groups in total. The van der Waals surface area contributed by atoms with E-state index < -0.39 is 17.6 Å². The van der Waals surface area contributed by atoms with Crippen molar-refractivity contribution in [2.24, 2.45) is 5.92 Å². The van der Waals surface area contributed by atoms with E-state index >= 15 is 0 Å². The second kappa shape index (κ2) is 4.20. The Labute approximate surface area is 133 Å². The van der Waals surface area contributed by atoms with Crippen molar-refractivity contribution in [3.8, 4) is 11.5 Å². The first-order valence-corrected chi connectivity index (χ1v) is 8.01. The molecule has 2 aliphatic heterocycles. The zero-order valence-electron chi connectivity index (χ0n) is 12.8. The van der Waals surface area contributed by atoms with Crippen LogP contribution in [0.4, 0.5) is 0 Å². The molecule has 6 nitrogen and oxygen atoms in total. The van der Waals surface area contributed by atoms with E-state index in [-0.39, 0.29) is 23.5 Å². The molecule has 0 saturated carbocycles. The van der Waals surface area contributed by atoms with Gasteiger partial charge >= 0.3 is 0 Å². The molecule has 2 bridgehead atoms. The van der Waals surface area contributed by atoms with Crippen LogP contribution in [0.25, 0.3) is 0 Å². The molecule has 23 heavy (non-hydrogen) atoms. The maximum Gasteiger partial charge on any atom is 0.207 e. The van der Waals surface area contributed by atoms with Gasteiger partial charge in [-0.15, -0.1) is 0 Å². The van der Waals surface area contributed by atoms with Gasteiger partial charge in [0.25, 0.3) is 0 Å². The molecule has 2 aliphatic carbocycles. The van der Waals surface area contributed by atoms with Crippen molar-refractivity contribution in [3.63, 3.8) is 0 Å². The average molecular weight is 317 g/mol. The van der Waals surface area contributed by atoms with Gasteiger partial charge in [-0.1, -0.05) is 6.07 Å². The Hall–Kier alpha value is -1.76. The zero-order chi connectivity index (χ0) is 15.9. The summed E-state index contributed by atoms with van der Waals surface area (Å²) in [6.45, 7) is 0.879. The molecule has 1 aromatic rings. The number of piperidine rings is 1. The van der Waals surface area contributed by atoms with E-state index in [1.165, 1.54) is 6.08 Å². The standard InChI is InChI=1S/C17H19NO5/c1-18-5-4-17-13-8-2-3-12(23-21)15(13)22-16(17)11(20)7-10(19)14(17)9(18)6-8/h2-3,7,9,11,14,16,19-21H,4-6H2,1H3/t9-,11-,14-,16+,17-/m1/s1. The molecule has 0 aromatic heterocycles. The molecule has 1 saturated heterocycles. The molecular weight excluding hydrogens is 298 g/mol. The van der Waals surface area contributed by atoms with Gasteiger partial charge in [0, 0.05) is 17.5 Å². The van der Waals surface area contributed by atoms with E-state index in [0.717, 1.165) is 30.5 Å². The highest BCUT2D eigenvalue weighted by atomic mass is 17.1. The first-order valence-electron chi connectivity index (χ1n) is 8.01. The lowest BCUT2D eigenvalue weighted by Crippen LogP contribution is -2.66. The van der Waals surface area contributed by atoms with Crippen LogP contribution in [0.2, 0.25) is 0 Å². The predicted molar refractivity (Wildman–Crippen MR) is 80.7 cm³/mol. The Morgan fingerprint density at radius 3 is 3.00 bits per heavy atom. The van der Waals surface area contributed by atoms with E-state index in [4.69, 9.17) is 4.74 Å². The fourth-order valence-electron chi connectivity index (χ4n) is 5.43. The molecule has 6 heteroatoms. The summed E-state index contributed by atoms with van der Waals surface area (Å²) in [7, 11) is 2.08. The van der Waals surface area contributed by atoms with Gasteiger partial charge in [-0.05, 0) is 44.1 Å². The topological polar surface area (TPSA) is 82.4 Å². The largest absolute Gasteiger partial charge is 0.512 e. The molecule has 1 fully saturated rings. The van der Waals surface area contributed by atoms with Crippen LogP contribution in [0.5, 0.6) is 11.5 Å². The summed E-state index contributed by atoms with van der Waals surface area (Å²) in [5.41, 5.74) is 1.70. The van der Waals surface area contributed by atoms with E-state index in [9.17, 15) is 15.5 Å². The lowest BCUT2D eigenvalue weighted by molar-refractivity contribution is -0.139. The number of benzene rings is 1. The molecule has 2 heterocycles. The molecule has 4 aliphatic rings. The number of aliphatic hydroxyl groups is 2. The molecule has 5 atom stereocenters. The van der Waals surface area contributed by atoms with Crippen LogP contribution in [-0.4, -0.2) is 52.2 Å². The van der Waals surface area contributed by atoms with E-state index in [0.29, 0.717) is 5.75 Å². The van der Waals surface area contributed by atoms with Crippen LogP contribution in [0, 0.1) is 5.92 Å². The number of ether oxygens (including phenoxy) is 1. The molecular formula is C17H19NO5. The highest BCUT2D eigenvalue weighted by molar-refractivity contribution is 5.62. The summed E-state index contributed by atoms with van der Waals surface area (Å²) in [5.74, 6) is 0.945. The van der Waals surface area contributed by atoms with Gasteiger partial charge in [-0.2, -0.15) is 0 Å². The van der Waals surface area contributed by atoms with Gasteiger partial charge in [0.1, 0.15) is 12.2 Å². The Morgan fingerprint density at radius 2 is 2.22 bits per heavy atom. The summed E-state index contributed by atoms with van der Waals surface area (Å²) in [5, 5.41) is 30.3. The van der Waals surface area contributed by atoms with Crippen molar-refractivity contribution in [3.05, 3.63) is 35.1 Å². The first-order chi connectivity index (χ1) is 11.1. The number of likely N-dealkylation sites (tertiary alicyclic amines) is 1. The van der Waals surface area contributed by atoms with Gasteiger partial charge in [-0.25, -0.2) is 5.26 Å². The molecule has 0 radical (unpaired) electrons. The summed E-state index contributed by atoms with van der Waals surface area (Å²) in [6, 6.07) is 3.85. The van der Waals surface area contributed by atoms with Crippen molar-refractivity contribution in [2.75, 3.05) is 13.6 Å². The second-order valence-electron chi connectivity index (χ2n) is 7.16. The number of aliphatic hydroxyl groups excluding tert-OH is 2. The SMILES string of the molecule is CN1CC[C@]23c4c5ccc(OO)c4O[C@H]2[C@H](O)C=C(O)[C@H]3[C@H]1C5. The van der Waals surface area contributed by atoms with E-state index in [1.807, 2.05) is 6.07 Å². The maximum absolute atomic E-state index is 10.6. The van der Waals surface area contributed by atoms with Crippen LogP contribution in [-0.2, 0) is 11.8 Å². The fourth-order valence-corrected chi connectivity index (χ4v) is 5.43. The van der Waals surface area contributed by atoms with Crippen molar-refractivity contribution in [1.82, 2.24) is 4.90 Å². The molecule has 0 amide bonds. The Bertz CT molecular complexity index is 732. The summed E-state index contributed by atoms with van der Waals surface area (Å²) < 4.78 is 6.09. The van der Waals surface area contributed by atoms with Gasteiger partial charge in [0.2, 0.25) is 5.75 Å².